The first-order valence-electron chi connectivity index (χ1n) is 7.05. The van der Waals surface area contributed by atoms with Gasteiger partial charge in [-0.05, 0) is 24.6 Å². The summed E-state index contributed by atoms with van der Waals surface area (Å²) < 4.78 is 0. The molecule has 1 amide bonds. The molecule has 114 valence electrons. The van der Waals surface area contributed by atoms with Gasteiger partial charge < -0.3 is 11.1 Å². The Hall–Kier alpha value is -3.28. The third kappa shape index (κ3) is 3.16. The van der Waals surface area contributed by atoms with Crippen molar-refractivity contribution in [1.29, 1.82) is 0 Å². The molecule has 0 saturated heterocycles. The standard InChI is InChI=1S/C17H15N5O/c1-11-5-2-3-7-13(11)14-10-20-16(18)15(22-14)17(23)21-12-6-4-8-19-9-12/h2-10H,1H3,(H2,18,20)(H,21,23). The largest absolute Gasteiger partial charge is 0.382 e. The Morgan fingerprint density at radius 1 is 1.13 bits per heavy atom. The van der Waals surface area contributed by atoms with E-state index in [0.717, 1.165) is 11.1 Å². The zero-order valence-corrected chi connectivity index (χ0v) is 12.5. The molecule has 3 aromatic rings. The van der Waals surface area contributed by atoms with Gasteiger partial charge in [0, 0.05) is 11.8 Å². The molecule has 23 heavy (non-hydrogen) atoms. The number of nitrogens with one attached hydrogen (secondary N) is 1. The highest BCUT2D eigenvalue weighted by Crippen LogP contribution is 2.22. The Morgan fingerprint density at radius 2 is 1.96 bits per heavy atom. The number of nitrogens with zero attached hydrogens (tertiary/aromatic N) is 3. The number of carbonyl (C=O) groups excluding carboxylic acids is 1. The Bertz CT molecular complexity index is 849. The molecule has 0 radical (unpaired) electrons. The lowest BCUT2D eigenvalue weighted by molar-refractivity contribution is 0.102. The molecule has 0 atom stereocenters. The number of nitrogen functional groups attached to an aromatic ring is 1. The van der Waals surface area contributed by atoms with Crippen LogP contribution in [0.5, 0.6) is 0 Å². The van der Waals surface area contributed by atoms with Crippen LogP contribution in [-0.2, 0) is 0 Å². The first kappa shape index (κ1) is 14.6. The minimum absolute atomic E-state index is 0.0868. The normalized spacial score (nSPS) is 10.3. The molecule has 6 nitrogen and oxygen atoms in total. The smallest absolute Gasteiger partial charge is 0.278 e. The zero-order valence-electron chi connectivity index (χ0n) is 12.5. The molecule has 0 aliphatic heterocycles. The molecule has 2 heterocycles. The number of rotatable bonds is 3. The number of anilines is 2. The van der Waals surface area contributed by atoms with Gasteiger partial charge in [0.1, 0.15) is 0 Å². The second kappa shape index (κ2) is 6.23. The van der Waals surface area contributed by atoms with E-state index in [9.17, 15) is 4.79 Å². The molecule has 1 aromatic carbocycles. The minimum atomic E-state index is -0.418. The quantitative estimate of drug-likeness (QED) is 0.776. The first-order valence-corrected chi connectivity index (χ1v) is 7.05. The van der Waals surface area contributed by atoms with Gasteiger partial charge in [-0.1, -0.05) is 24.3 Å². The molecule has 0 spiro atoms. The number of aryl methyl sites for hydroxylation is 1. The highest BCUT2D eigenvalue weighted by atomic mass is 16.1. The summed E-state index contributed by atoms with van der Waals surface area (Å²) in [6, 6.07) is 11.2. The number of hydrogen-bond donors (Lipinski definition) is 2. The van der Waals surface area contributed by atoms with Gasteiger partial charge in [0.05, 0.1) is 23.8 Å². The maximum Gasteiger partial charge on any atom is 0.278 e. The predicted octanol–water partition coefficient (Wildman–Crippen LogP) is 2.68. The van der Waals surface area contributed by atoms with E-state index >= 15 is 0 Å². The van der Waals surface area contributed by atoms with Gasteiger partial charge in [0.25, 0.3) is 5.91 Å². The summed E-state index contributed by atoms with van der Waals surface area (Å²) in [6.45, 7) is 1.97. The lowest BCUT2D eigenvalue weighted by atomic mass is 10.1. The monoisotopic (exact) mass is 305 g/mol. The van der Waals surface area contributed by atoms with Gasteiger partial charge in [-0.2, -0.15) is 0 Å². The highest BCUT2D eigenvalue weighted by Gasteiger charge is 2.15. The van der Waals surface area contributed by atoms with Crippen molar-refractivity contribution in [3.05, 3.63) is 66.2 Å². The topological polar surface area (TPSA) is 93.8 Å². The van der Waals surface area contributed by atoms with Crippen molar-refractivity contribution in [2.45, 2.75) is 6.92 Å². The average molecular weight is 305 g/mol. The second-order valence-electron chi connectivity index (χ2n) is 5.00. The predicted molar refractivity (Wildman–Crippen MR) is 88.8 cm³/mol. The molecule has 6 heteroatoms. The molecular formula is C17H15N5O. The maximum atomic E-state index is 12.4. The van der Waals surface area contributed by atoms with Crippen molar-refractivity contribution in [1.82, 2.24) is 15.0 Å². The first-order chi connectivity index (χ1) is 11.1. The number of hydrogen-bond acceptors (Lipinski definition) is 5. The molecule has 0 aliphatic carbocycles. The van der Waals surface area contributed by atoms with Crippen LogP contribution in [-0.4, -0.2) is 20.9 Å². The number of aromatic nitrogens is 3. The van der Waals surface area contributed by atoms with Crippen LogP contribution in [0.4, 0.5) is 11.5 Å². The van der Waals surface area contributed by atoms with Gasteiger partial charge in [-0.25, -0.2) is 9.97 Å². The van der Waals surface area contributed by atoms with Crippen LogP contribution in [0.3, 0.4) is 0 Å². The Labute approximate surface area is 133 Å². The summed E-state index contributed by atoms with van der Waals surface area (Å²) in [5.41, 5.74) is 9.04. The molecular weight excluding hydrogens is 290 g/mol. The van der Waals surface area contributed by atoms with Crippen LogP contribution in [0, 0.1) is 6.92 Å². The molecule has 0 unspecified atom stereocenters. The van der Waals surface area contributed by atoms with Crippen LogP contribution < -0.4 is 11.1 Å². The van der Waals surface area contributed by atoms with Crippen molar-refractivity contribution in [2.75, 3.05) is 11.1 Å². The maximum absolute atomic E-state index is 12.4. The number of benzene rings is 1. The Kier molecular flexibility index (Phi) is 3.97. The molecule has 0 bridgehead atoms. The SMILES string of the molecule is Cc1ccccc1-c1cnc(N)c(C(=O)Nc2cccnc2)n1. The summed E-state index contributed by atoms with van der Waals surface area (Å²) >= 11 is 0. The third-order valence-electron chi connectivity index (χ3n) is 3.36. The number of nitrogens with two attached hydrogens (primary N) is 1. The zero-order chi connectivity index (χ0) is 16.2. The van der Waals surface area contributed by atoms with Crippen LogP contribution in [0.15, 0.2) is 55.0 Å². The average Bonchev–Trinajstić information content (AvgIpc) is 2.57. The summed E-state index contributed by atoms with van der Waals surface area (Å²) in [6.07, 6.45) is 4.74. The van der Waals surface area contributed by atoms with Crippen molar-refractivity contribution in [3.8, 4) is 11.3 Å². The summed E-state index contributed by atoms with van der Waals surface area (Å²) in [7, 11) is 0. The fraction of sp³-hybridized carbons (Fsp3) is 0.0588. The molecule has 3 rings (SSSR count). The second-order valence-corrected chi connectivity index (χ2v) is 5.00. The van der Waals surface area contributed by atoms with E-state index in [0.29, 0.717) is 11.4 Å². The molecule has 0 saturated carbocycles. The van der Waals surface area contributed by atoms with E-state index in [1.807, 2.05) is 31.2 Å². The van der Waals surface area contributed by atoms with E-state index in [2.05, 4.69) is 20.3 Å². The van der Waals surface area contributed by atoms with Gasteiger partial charge in [-0.15, -0.1) is 0 Å². The van der Waals surface area contributed by atoms with Crippen LogP contribution in [0.25, 0.3) is 11.3 Å². The van der Waals surface area contributed by atoms with Crippen LogP contribution in [0.1, 0.15) is 16.1 Å². The Balaban J connectivity index is 1.95. The fourth-order valence-electron chi connectivity index (χ4n) is 2.18. The third-order valence-corrected chi connectivity index (χ3v) is 3.36. The molecule has 2 aromatic heterocycles. The van der Waals surface area contributed by atoms with Crippen LogP contribution in [0.2, 0.25) is 0 Å². The van der Waals surface area contributed by atoms with Crippen molar-refractivity contribution >= 4 is 17.4 Å². The van der Waals surface area contributed by atoms with E-state index in [1.165, 1.54) is 0 Å². The van der Waals surface area contributed by atoms with Gasteiger partial charge in [0.2, 0.25) is 0 Å². The number of amides is 1. The molecule has 0 fully saturated rings. The van der Waals surface area contributed by atoms with Crippen molar-refractivity contribution in [3.63, 3.8) is 0 Å². The van der Waals surface area contributed by atoms with Gasteiger partial charge in [-0.3, -0.25) is 9.78 Å². The lowest BCUT2D eigenvalue weighted by Gasteiger charge is -2.09. The molecule has 3 N–H and O–H groups in total. The number of carbonyl (C=O) groups is 1. The van der Waals surface area contributed by atoms with Gasteiger partial charge in [0.15, 0.2) is 11.5 Å². The van der Waals surface area contributed by atoms with Crippen molar-refractivity contribution in [2.24, 2.45) is 0 Å². The Morgan fingerprint density at radius 3 is 2.70 bits per heavy atom. The summed E-state index contributed by atoms with van der Waals surface area (Å²) in [5, 5.41) is 2.71. The summed E-state index contributed by atoms with van der Waals surface area (Å²) in [5.74, 6) is -0.331. The summed E-state index contributed by atoms with van der Waals surface area (Å²) in [4.78, 5) is 24.8. The highest BCUT2D eigenvalue weighted by molar-refractivity contribution is 6.05. The van der Waals surface area contributed by atoms with Crippen LogP contribution >= 0.6 is 0 Å². The minimum Gasteiger partial charge on any atom is -0.382 e. The molecule has 0 aliphatic rings. The van der Waals surface area contributed by atoms with Gasteiger partial charge >= 0.3 is 0 Å². The van der Waals surface area contributed by atoms with E-state index < -0.39 is 5.91 Å². The van der Waals surface area contributed by atoms with E-state index in [1.54, 1.807) is 30.7 Å². The van der Waals surface area contributed by atoms with E-state index in [-0.39, 0.29) is 11.5 Å². The van der Waals surface area contributed by atoms with Crippen molar-refractivity contribution < 1.29 is 4.79 Å². The lowest BCUT2D eigenvalue weighted by Crippen LogP contribution is -2.17. The number of pyridine rings is 1. The fourth-order valence-corrected chi connectivity index (χ4v) is 2.18. The van der Waals surface area contributed by atoms with E-state index in [4.69, 9.17) is 5.73 Å².